The van der Waals surface area contributed by atoms with Gasteiger partial charge in [0.1, 0.15) is 5.60 Å². The van der Waals surface area contributed by atoms with E-state index in [1.807, 2.05) is 25.1 Å². The maximum atomic E-state index is 13.6. The molecule has 0 aliphatic carbocycles. The molecule has 156 valence electrons. The van der Waals surface area contributed by atoms with Gasteiger partial charge in [0, 0.05) is 11.0 Å². The summed E-state index contributed by atoms with van der Waals surface area (Å²) in [6, 6.07) is 10.6. The van der Waals surface area contributed by atoms with Crippen LogP contribution in [0.1, 0.15) is 31.9 Å². The molecular weight excluding hydrogens is 456 g/mol. The number of aryl methyl sites for hydroxylation is 2. The van der Waals surface area contributed by atoms with E-state index < -0.39 is 21.7 Å². The molecule has 3 rings (SSSR count). The molecule has 0 radical (unpaired) electrons. The number of carbonyl (C=O) groups excluding carboxylic acids is 1. The van der Waals surface area contributed by atoms with Gasteiger partial charge in [0.2, 0.25) is 0 Å². The second-order valence-electron chi connectivity index (χ2n) is 8.06. The molecule has 2 aromatic rings. The topological polar surface area (TPSA) is 66.9 Å². The number of sulfonamides is 1. The van der Waals surface area contributed by atoms with Crippen molar-refractivity contribution in [2.75, 3.05) is 22.3 Å². The summed E-state index contributed by atoms with van der Waals surface area (Å²) in [5.41, 5.74) is 1.83. The van der Waals surface area contributed by atoms with Gasteiger partial charge >= 0.3 is 6.09 Å². The van der Waals surface area contributed by atoms with Crippen LogP contribution in [0.3, 0.4) is 0 Å². The van der Waals surface area contributed by atoms with Crippen molar-refractivity contribution < 1.29 is 17.9 Å². The van der Waals surface area contributed by atoms with Crippen molar-refractivity contribution in [2.45, 2.75) is 45.1 Å². The minimum atomic E-state index is -3.81. The van der Waals surface area contributed by atoms with Gasteiger partial charge in [-0.15, -0.1) is 0 Å². The third kappa shape index (κ3) is 4.28. The van der Waals surface area contributed by atoms with Crippen LogP contribution >= 0.6 is 15.9 Å². The second kappa shape index (κ2) is 7.65. The summed E-state index contributed by atoms with van der Waals surface area (Å²) in [6.07, 6.45) is -0.486. The van der Waals surface area contributed by atoms with Gasteiger partial charge in [-0.1, -0.05) is 34.1 Å². The van der Waals surface area contributed by atoms with E-state index in [0.717, 1.165) is 5.56 Å². The lowest BCUT2D eigenvalue weighted by molar-refractivity contribution is 0.0580. The molecular formula is C21H25BrN2O4S. The Labute approximate surface area is 180 Å². The SMILES string of the molecule is Cc1ccc(Br)cc1S(=O)(=O)N1CCN(C(=O)OC(C)(C)C)c2cccc(C)c21. The van der Waals surface area contributed by atoms with Crippen LogP contribution in [0.15, 0.2) is 45.8 Å². The van der Waals surface area contributed by atoms with E-state index in [1.54, 1.807) is 45.9 Å². The Morgan fingerprint density at radius 2 is 1.76 bits per heavy atom. The van der Waals surface area contributed by atoms with Crippen molar-refractivity contribution in [2.24, 2.45) is 0 Å². The highest BCUT2D eigenvalue weighted by atomic mass is 79.9. The third-order valence-electron chi connectivity index (χ3n) is 4.62. The van der Waals surface area contributed by atoms with Crippen LogP contribution in [0.4, 0.5) is 16.2 Å². The molecule has 1 aliphatic heterocycles. The smallest absolute Gasteiger partial charge is 0.414 e. The summed E-state index contributed by atoms with van der Waals surface area (Å²) in [6.45, 7) is 9.38. The lowest BCUT2D eigenvalue weighted by Crippen LogP contribution is -2.48. The number of rotatable bonds is 2. The lowest BCUT2D eigenvalue weighted by Gasteiger charge is -2.38. The molecule has 2 aromatic carbocycles. The third-order valence-corrected chi connectivity index (χ3v) is 7.05. The summed E-state index contributed by atoms with van der Waals surface area (Å²) in [5.74, 6) is 0. The van der Waals surface area contributed by atoms with E-state index in [-0.39, 0.29) is 18.0 Å². The second-order valence-corrected chi connectivity index (χ2v) is 10.8. The van der Waals surface area contributed by atoms with Crippen molar-refractivity contribution in [3.63, 3.8) is 0 Å². The standard InChI is InChI=1S/C21H25BrN2O4S/c1-14-9-10-16(22)13-18(14)29(26,27)24-12-11-23(20(25)28-21(3,4)5)17-8-6-7-15(2)19(17)24/h6-10,13H,11-12H2,1-5H3. The van der Waals surface area contributed by atoms with E-state index in [0.29, 0.717) is 21.4 Å². The molecule has 8 heteroatoms. The monoisotopic (exact) mass is 480 g/mol. The van der Waals surface area contributed by atoms with Gasteiger partial charge in [0.25, 0.3) is 10.0 Å². The van der Waals surface area contributed by atoms with Crippen molar-refractivity contribution in [3.05, 3.63) is 52.0 Å². The highest BCUT2D eigenvalue weighted by Gasteiger charge is 2.37. The zero-order valence-corrected chi connectivity index (χ0v) is 19.6. The van der Waals surface area contributed by atoms with Gasteiger partial charge < -0.3 is 4.74 Å². The first kappa shape index (κ1) is 21.6. The maximum absolute atomic E-state index is 13.6. The van der Waals surface area contributed by atoms with Gasteiger partial charge in [-0.05, 0) is 63.9 Å². The van der Waals surface area contributed by atoms with Crippen molar-refractivity contribution in [3.8, 4) is 0 Å². The fraction of sp³-hybridized carbons (Fsp3) is 0.381. The number of amides is 1. The largest absolute Gasteiger partial charge is 0.443 e. The number of carbonyl (C=O) groups is 1. The summed E-state index contributed by atoms with van der Waals surface area (Å²) in [7, 11) is -3.81. The Kier molecular flexibility index (Phi) is 5.71. The number of para-hydroxylation sites is 1. The van der Waals surface area contributed by atoms with Crippen molar-refractivity contribution in [1.29, 1.82) is 0 Å². The Balaban J connectivity index is 2.10. The first-order chi connectivity index (χ1) is 13.4. The van der Waals surface area contributed by atoms with Crippen LogP contribution in [-0.4, -0.2) is 33.2 Å². The number of benzene rings is 2. The van der Waals surface area contributed by atoms with Crippen LogP contribution < -0.4 is 9.21 Å². The molecule has 0 saturated heterocycles. The molecule has 0 saturated carbocycles. The highest BCUT2D eigenvalue weighted by molar-refractivity contribution is 9.10. The van der Waals surface area contributed by atoms with Crippen molar-refractivity contribution in [1.82, 2.24) is 0 Å². The van der Waals surface area contributed by atoms with Gasteiger partial charge in [0.15, 0.2) is 0 Å². The van der Waals surface area contributed by atoms with Gasteiger partial charge in [-0.3, -0.25) is 9.21 Å². The lowest BCUT2D eigenvalue weighted by atomic mass is 10.1. The van der Waals surface area contributed by atoms with E-state index in [4.69, 9.17) is 4.74 Å². The Morgan fingerprint density at radius 1 is 1.07 bits per heavy atom. The number of ether oxygens (including phenoxy) is 1. The van der Waals surface area contributed by atoms with E-state index in [2.05, 4.69) is 15.9 Å². The molecule has 29 heavy (non-hydrogen) atoms. The predicted octanol–water partition coefficient (Wildman–Crippen LogP) is 5.02. The Hall–Kier alpha value is -2.06. The van der Waals surface area contributed by atoms with E-state index in [9.17, 15) is 13.2 Å². The Morgan fingerprint density at radius 3 is 2.41 bits per heavy atom. The quantitative estimate of drug-likeness (QED) is 0.605. The molecule has 0 aromatic heterocycles. The Bertz CT molecular complexity index is 1060. The molecule has 0 fully saturated rings. The average molecular weight is 481 g/mol. The molecule has 6 nitrogen and oxygen atoms in total. The van der Waals surface area contributed by atoms with Gasteiger partial charge in [-0.25, -0.2) is 13.2 Å². The van der Waals surface area contributed by atoms with Crippen LogP contribution in [0.25, 0.3) is 0 Å². The first-order valence-electron chi connectivity index (χ1n) is 9.31. The summed E-state index contributed by atoms with van der Waals surface area (Å²) in [5, 5.41) is 0. The number of hydrogen-bond acceptors (Lipinski definition) is 4. The van der Waals surface area contributed by atoms with Crippen LogP contribution in [-0.2, 0) is 14.8 Å². The number of anilines is 2. The fourth-order valence-electron chi connectivity index (χ4n) is 3.33. The van der Waals surface area contributed by atoms with Gasteiger partial charge in [-0.2, -0.15) is 0 Å². The van der Waals surface area contributed by atoms with Gasteiger partial charge in [0.05, 0.1) is 22.8 Å². The molecule has 1 amide bonds. The minimum Gasteiger partial charge on any atom is -0.443 e. The fourth-order valence-corrected chi connectivity index (χ4v) is 5.63. The molecule has 0 bridgehead atoms. The average Bonchev–Trinajstić information content (AvgIpc) is 2.61. The summed E-state index contributed by atoms with van der Waals surface area (Å²) < 4.78 is 34.7. The molecule has 0 atom stereocenters. The minimum absolute atomic E-state index is 0.144. The summed E-state index contributed by atoms with van der Waals surface area (Å²) >= 11 is 3.36. The number of fused-ring (bicyclic) bond motifs is 1. The predicted molar refractivity (Wildman–Crippen MR) is 118 cm³/mol. The molecule has 1 heterocycles. The zero-order valence-electron chi connectivity index (χ0n) is 17.2. The van der Waals surface area contributed by atoms with E-state index in [1.165, 1.54) is 9.21 Å². The van der Waals surface area contributed by atoms with Crippen LogP contribution in [0, 0.1) is 13.8 Å². The normalized spacial score (nSPS) is 14.6. The first-order valence-corrected chi connectivity index (χ1v) is 11.5. The number of hydrogen-bond donors (Lipinski definition) is 0. The maximum Gasteiger partial charge on any atom is 0.414 e. The molecule has 1 aliphatic rings. The summed E-state index contributed by atoms with van der Waals surface area (Å²) in [4.78, 5) is 14.5. The highest BCUT2D eigenvalue weighted by Crippen LogP contribution is 2.40. The van der Waals surface area contributed by atoms with Crippen molar-refractivity contribution >= 4 is 43.4 Å². The van der Waals surface area contributed by atoms with Crippen LogP contribution in [0.2, 0.25) is 0 Å². The molecule has 0 unspecified atom stereocenters. The molecule has 0 spiro atoms. The number of halogens is 1. The van der Waals surface area contributed by atoms with Crippen LogP contribution in [0.5, 0.6) is 0 Å². The number of nitrogens with zero attached hydrogens (tertiary/aromatic N) is 2. The van der Waals surface area contributed by atoms with E-state index >= 15 is 0 Å². The molecule has 0 N–H and O–H groups in total. The zero-order chi connectivity index (χ0) is 21.6.